The van der Waals surface area contributed by atoms with Crippen LogP contribution in [0, 0.1) is 5.92 Å². The van der Waals surface area contributed by atoms with Crippen molar-refractivity contribution in [2.45, 2.75) is 18.9 Å². The van der Waals surface area contributed by atoms with Gasteiger partial charge in [-0.1, -0.05) is 11.6 Å². The number of hydrogen-bond acceptors (Lipinski definition) is 2. The Hall–Kier alpha value is -1.17. The Morgan fingerprint density at radius 1 is 1.27 bits per heavy atom. The van der Waals surface area contributed by atoms with Crippen molar-refractivity contribution in [3.8, 4) is 0 Å². The summed E-state index contributed by atoms with van der Waals surface area (Å²) in [5, 5.41) is 10.9. The van der Waals surface area contributed by atoms with Crippen LogP contribution in [0.25, 0.3) is 10.9 Å². The van der Waals surface area contributed by atoms with Crippen LogP contribution in [0.5, 0.6) is 0 Å². The summed E-state index contributed by atoms with van der Waals surface area (Å²) in [6, 6.07) is 7.74. The molecule has 6 heteroatoms. The lowest BCUT2D eigenvalue weighted by atomic mass is 9.94. The van der Waals surface area contributed by atoms with Gasteiger partial charge in [0.1, 0.15) is 0 Å². The van der Waals surface area contributed by atoms with E-state index < -0.39 is 18.4 Å². The molecule has 1 saturated heterocycles. The lowest BCUT2D eigenvalue weighted by molar-refractivity contribution is -0.120. The zero-order valence-electron chi connectivity index (χ0n) is 12.2. The maximum atomic E-state index is 13.6. The van der Waals surface area contributed by atoms with Crippen LogP contribution < -0.4 is 0 Å². The second-order valence-electron chi connectivity index (χ2n) is 5.90. The van der Waals surface area contributed by atoms with E-state index in [2.05, 4.69) is 4.57 Å². The Kier molecular flexibility index (Phi) is 4.39. The summed E-state index contributed by atoms with van der Waals surface area (Å²) in [4.78, 5) is 2.00. The number of piperidine rings is 1. The van der Waals surface area contributed by atoms with Crippen LogP contribution in [0.4, 0.5) is 8.78 Å². The largest absolute Gasteiger partial charge is 0.396 e. The second-order valence-corrected chi connectivity index (χ2v) is 6.34. The predicted molar refractivity (Wildman–Crippen MR) is 83.5 cm³/mol. The van der Waals surface area contributed by atoms with Crippen molar-refractivity contribution in [2.75, 3.05) is 26.2 Å². The van der Waals surface area contributed by atoms with Gasteiger partial charge < -0.3 is 14.6 Å². The number of benzene rings is 1. The summed E-state index contributed by atoms with van der Waals surface area (Å²) in [5.74, 6) is -3.70. The van der Waals surface area contributed by atoms with Gasteiger partial charge in [-0.25, -0.2) is 8.78 Å². The van der Waals surface area contributed by atoms with E-state index in [9.17, 15) is 8.78 Å². The highest BCUT2D eigenvalue weighted by Gasteiger charge is 2.43. The molecule has 3 nitrogen and oxygen atoms in total. The van der Waals surface area contributed by atoms with Crippen LogP contribution in [0.3, 0.4) is 0 Å². The van der Waals surface area contributed by atoms with Crippen molar-refractivity contribution in [1.82, 2.24) is 9.47 Å². The van der Waals surface area contributed by atoms with Gasteiger partial charge in [0.25, 0.3) is 5.92 Å². The third-order valence-corrected chi connectivity index (χ3v) is 4.68. The van der Waals surface area contributed by atoms with E-state index in [4.69, 9.17) is 16.7 Å². The zero-order chi connectivity index (χ0) is 15.7. The van der Waals surface area contributed by atoms with Crippen LogP contribution in [0.2, 0.25) is 5.02 Å². The molecule has 1 fully saturated rings. The van der Waals surface area contributed by atoms with Crippen molar-refractivity contribution in [3.05, 3.63) is 35.5 Å². The van der Waals surface area contributed by atoms with Crippen LogP contribution in [0.1, 0.15) is 6.42 Å². The van der Waals surface area contributed by atoms with E-state index >= 15 is 0 Å². The molecule has 22 heavy (non-hydrogen) atoms. The molecule has 1 atom stereocenters. The standard InChI is InChI=1S/C16H19ClF2N2O/c17-14-1-2-15-12(9-14)3-5-21(15)8-7-20-6-4-16(18,19)13(10-20)11-22/h1-3,5,9,13,22H,4,6-8,10-11H2. The molecule has 2 aromatic rings. The van der Waals surface area contributed by atoms with Gasteiger partial charge in [0, 0.05) is 54.7 Å². The molecule has 2 heterocycles. The third-order valence-electron chi connectivity index (χ3n) is 4.45. The lowest BCUT2D eigenvalue weighted by Crippen LogP contribution is -2.49. The number of aromatic nitrogens is 1. The summed E-state index contributed by atoms with van der Waals surface area (Å²) in [5.41, 5.74) is 1.09. The van der Waals surface area contributed by atoms with Crippen LogP contribution >= 0.6 is 11.6 Å². The molecular weight excluding hydrogens is 310 g/mol. The summed E-state index contributed by atoms with van der Waals surface area (Å²) in [6.45, 7) is 1.57. The first kappa shape index (κ1) is 15.7. The normalized spacial score (nSPS) is 22.3. The highest BCUT2D eigenvalue weighted by molar-refractivity contribution is 6.31. The van der Waals surface area contributed by atoms with Crippen molar-refractivity contribution in [1.29, 1.82) is 0 Å². The average Bonchev–Trinajstić information content (AvgIpc) is 2.88. The molecule has 120 valence electrons. The van der Waals surface area contributed by atoms with E-state index in [1.807, 2.05) is 35.4 Å². The number of aliphatic hydroxyl groups excluding tert-OH is 1. The SMILES string of the molecule is OCC1CN(CCn2ccc3cc(Cl)ccc32)CCC1(F)F. The summed E-state index contributed by atoms with van der Waals surface area (Å²) < 4.78 is 29.3. The molecule has 0 amide bonds. The van der Waals surface area contributed by atoms with Gasteiger partial charge in [-0.3, -0.25) is 0 Å². The molecule has 0 saturated carbocycles. The van der Waals surface area contributed by atoms with E-state index in [1.54, 1.807) is 0 Å². The van der Waals surface area contributed by atoms with Gasteiger partial charge in [-0.2, -0.15) is 0 Å². The number of nitrogens with zero attached hydrogens (tertiary/aromatic N) is 2. The number of rotatable bonds is 4. The number of likely N-dealkylation sites (tertiary alicyclic amines) is 1. The molecule has 0 spiro atoms. The fourth-order valence-electron chi connectivity index (χ4n) is 3.06. The monoisotopic (exact) mass is 328 g/mol. The molecule has 1 aromatic carbocycles. The number of fused-ring (bicyclic) bond motifs is 1. The fourth-order valence-corrected chi connectivity index (χ4v) is 3.24. The Morgan fingerprint density at radius 2 is 2.09 bits per heavy atom. The minimum absolute atomic E-state index is 0.180. The molecule has 0 bridgehead atoms. The van der Waals surface area contributed by atoms with E-state index in [1.165, 1.54) is 0 Å². The molecule has 0 aliphatic carbocycles. The number of aliphatic hydroxyl groups is 1. The van der Waals surface area contributed by atoms with Crippen molar-refractivity contribution in [2.24, 2.45) is 5.92 Å². The number of hydrogen-bond donors (Lipinski definition) is 1. The highest BCUT2D eigenvalue weighted by Crippen LogP contribution is 2.33. The summed E-state index contributed by atoms with van der Waals surface area (Å²) >= 11 is 5.97. The molecule has 1 aromatic heterocycles. The quantitative estimate of drug-likeness (QED) is 0.933. The van der Waals surface area contributed by atoms with Crippen LogP contribution in [0.15, 0.2) is 30.5 Å². The third kappa shape index (κ3) is 3.12. The minimum atomic E-state index is -2.75. The number of halogens is 3. The molecule has 1 aliphatic heterocycles. The van der Waals surface area contributed by atoms with Gasteiger partial charge in [-0.15, -0.1) is 0 Å². The van der Waals surface area contributed by atoms with Gasteiger partial charge in [0.05, 0.1) is 12.5 Å². The Bertz CT molecular complexity index is 659. The van der Waals surface area contributed by atoms with Crippen LogP contribution in [-0.2, 0) is 6.54 Å². The second kappa shape index (κ2) is 6.14. The molecule has 3 rings (SSSR count). The van der Waals surface area contributed by atoms with Crippen molar-refractivity contribution in [3.63, 3.8) is 0 Å². The first-order valence-electron chi connectivity index (χ1n) is 7.45. The maximum Gasteiger partial charge on any atom is 0.255 e. The van der Waals surface area contributed by atoms with Crippen molar-refractivity contribution < 1.29 is 13.9 Å². The smallest absolute Gasteiger partial charge is 0.255 e. The fraction of sp³-hybridized carbons (Fsp3) is 0.500. The van der Waals surface area contributed by atoms with Crippen LogP contribution in [-0.4, -0.2) is 46.7 Å². The minimum Gasteiger partial charge on any atom is -0.396 e. The predicted octanol–water partition coefficient (Wildman–Crippen LogP) is 3.24. The van der Waals surface area contributed by atoms with Crippen molar-refractivity contribution >= 4 is 22.5 Å². The first-order chi connectivity index (χ1) is 10.5. The van der Waals surface area contributed by atoms with Gasteiger partial charge in [-0.05, 0) is 24.3 Å². The lowest BCUT2D eigenvalue weighted by Gasteiger charge is -2.37. The first-order valence-corrected chi connectivity index (χ1v) is 7.83. The maximum absolute atomic E-state index is 13.6. The Labute approximate surface area is 133 Å². The van der Waals surface area contributed by atoms with E-state index in [0.717, 1.165) is 17.4 Å². The van der Waals surface area contributed by atoms with E-state index in [0.29, 0.717) is 18.1 Å². The summed E-state index contributed by atoms with van der Waals surface area (Å²) in [7, 11) is 0. The Balaban J connectivity index is 1.65. The molecule has 1 unspecified atom stereocenters. The number of alkyl halides is 2. The van der Waals surface area contributed by atoms with Gasteiger partial charge >= 0.3 is 0 Å². The average molecular weight is 329 g/mol. The molecule has 1 N–H and O–H groups in total. The molecule has 0 radical (unpaired) electrons. The Morgan fingerprint density at radius 3 is 2.86 bits per heavy atom. The zero-order valence-corrected chi connectivity index (χ0v) is 12.9. The molecular formula is C16H19ClF2N2O. The summed E-state index contributed by atoms with van der Waals surface area (Å²) in [6.07, 6.45) is 1.81. The van der Waals surface area contributed by atoms with Gasteiger partial charge in [0.15, 0.2) is 0 Å². The van der Waals surface area contributed by atoms with E-state index in [-0.39, 0.29) is 13.0 Å². The van der Waals surface area contributed by atoms with Gasteiger partial charge in [0.2, 0.25) is 0 Å². The highest BCUT2D eigenvalue weighted by atomic mass is 35.5. The topological polar surface area (TPSA) is 28.4 Å². The molecule has 1 aliphatic rings.